The quantitative estimate of drug-likeness (QED) is 0.818. The van der Waals surface area contributed by atoms with Crippen molar-refractivity contribution in [2.24, 2.45) is 0 Å². The fourth-order valence-electron chi connectivity index (χ4n) is 4.92. The summed E-state index contributed by atoms with van der Waals surface area (Å²) in [7, 11) is 0. The molecule has 3 atom stereocenters. The van der Waals surface area contributed by atoms with Crippen LogP contribution in [0, 0.1) is 0 Å². The van der Waals surface area contributed by atoms with E-state index in [9.17, 15) is 9.59 Å². The molecule has 3 aliphatic heterocycles. The summed E-state index contributed by atoms with van der Waals surface area (Å²) in [5.74, 6) is 0.544. The van der Waals surface area contributed by atoms with Crippen molar-refractivity contribution in [1.29, 1.82) is 0 Å². The second-order valence-corrected chi connectivity index (χ2v) is 8.09. The average Bonchev–Trinajstić information content (AvgIpc) is 3.02. The third kappa shape index (κ3) is 3.55. The van der Waals surface area contributed by atoms with Gasteiger partial charge in [0.05, 0.1) is 5.69 Å². The lowest BCUT2D eigenvalue weighted by Crippen LogP contribution is -2.54. The largest absolute Gasteiger partial charge is 0.482 e. The minimum absolute atomic E-state index is 0.00424. The summed E-state index contributed by atoms with van der Waals surface area (Å²) in [6.07, 6.45) is 4.66. The van der Waals surface area contributed by atoms with Crippen molar-refractivity contribution in [1.82, 2.24) is 9.80 Å². The van der Waals surface area contributed by atoms with Crippen LogP contribution in [0.15, 0.2) is 24.3 Å². The van der Waals surface area contributed by atoms with E-state index < -0.39 is 0 Å². The van der Waals surface area contributed by atoms with Crippen LogP contribution in [0.25, 0.3) is 0 Å². The van der Waals surface area contributed by atoms with Crippen LogP contribution in [0.2, 0.25) is 0 Å². The molecular weight excluding hydrogens is 342 g/mol. The molecule has 2 amide bonds. The number of piperidine rings is 1. The van der Waals surface area contributed by atoms with E-state index in [-0.39, 0.29) is 25.0 Å². The summed E-state index contributed by atoms with van der Waals surface area (Å²) < 4.78 is 5.48. The Kier molecular flexibility index (Phi) is 5.08. The zero-order valence-electron chi connectivity index (χ0n) is 16.3. The summed E-state index contributed by atoms with van der Waals surface area (Å²) in [5, 5.41) is 0. The number of ether oxygens (including phenoxy) is 1. The molecule has 4 rings (SSSR count). The third-order valence-corrected chi connectivity index (χ3v) is 6.29. The molecule has 3 aliphatic rings. The van der Waals surface area contributed by atoms with Crippen LogP contribution < -0.4 is 9.64 Å². The first kappa shape index (κ1) is 18.3. The number of benzene rings is 1. The second-order valence-electron chi connectivity index (χ2n) is 8.09. The van der Waals surface area contributed by atoms with Crippen LogP contribution in [0.4, 0.5) is 5.69 Å². The number of carbonyl (C=O) groups excluding carboxylic acids is 2. The molecule has 0 unspecified atom stereocenters. The Labute approximate surface area is 161 Å². The smallest absolute Gasteiger partial charge is 0.265 e. The Morgan fingerprint density at radius 1 is 1.15 bits per heavy atom. The standard InChI is InChI=1S/C21H29N3O3/c1-15-9-10-16(2)24(15)17-6-5-11-22(12-17)20(25)13-23-18-7-3-4-8-19(18)27-14-21(23)26/h3-4,7-8,15-17H,5-6,9-14H2,1-2H3/t15-,16+,17-/m1/s1. The van der Waals surface area contributed by atoms with Gasteiger partial charge in [0.15, 0.2) is 6.61 Å². The maximum atomic E-state index is 13.0. The molecule has 6 nitrogen and oxygen atoms in total. The molecule has 27 heavy (non-hydrogen) atoms. The number of hydrogen-bond donors (Lipinski definition) is 0. The van der Waals surface area contributed by atoms with Gasteiger partial charge in [0.2, 0.25) is 5.91 Å². The molecular formula is C21H29N3O3. The zero-order valence-corrected chi connectivity index (χ0v) is 16.3. The molecule has 3 heterocycles. The number of rotatable bonds is 3. The number of anilines is 1. The molecule has 2 fully saturated rings. The van der Waals surface area contributed by atoms with Gasteiger partial charge in [0, 0.05) is 31.2 Å². The number of likely N-dealkylation sites (tertiary alicyclic amines) is 2. The Hall–Kier alpha value is -2.08. The van der Waals surface area contributed by atoms with E-state index in [0.717, 1.165) is 25.9 Å². The van der Waals surface area contributed by atoms with Gasteiger partial charge in [-0.05, 0) is 51.7 Å². The number of carbonyl (C=O) groups is 2. The van der Waals surface area contributed by atoms with Crippen LogP contribution in [-0.4, -0.2) is 66.0 Å². The topological polar surface area (TPSA) is 53.1 Å². The van der Waals surface area contributed by atoms with Crippen molar-refractivity contribution in [3.05, 3.63) is 24.3 Å². The molecule has 0 radical (unpaired) electrons. The Morgan fingerprint density at radius 2 is 1.89 bits per heavy atom. The highest BCUT2D eigenvalue weighted by atomic mass is 16.5. The normalized spacial score (nSPS) is 28.8. The summed E-state index contributed by atoms with van der Waals surface area (Å²) in [4.78, 5) is 31.5. The molecule has 0 aromatic heterocycles. The van der Waals surface area contributed by atoms with E-state index in [1.54, 1.807) is 4.90 Å². The first-order valence-corrected chi connectivity index (χ1v) is 10.1. The van der Waals surface area contributed by atoms with Gasteiger partial charge in [-0.3, -0.25) is 19.4 Å². The van der Waals surface area contributed by atoms with Gasteiger partial charge >= 0.3 is 0 Å². The van der Waals surface area contributed by atoms with Crippen LogP contribution in [0.1, 0.15) is 39.5 Å². The summed E-state index contributed by atoms with van der Waals surface area (Å²) in [6.45, 7) is 6.24. The molecule has 1 aromatic rings. The number of para-hydroxylation sites is 2. The lowest BCUT2D eigenvalue weighted by molar-refractivity contribution is -0.134. The lowest BCUT2D eigenvalue weighted by Gasteiger charge is -2.42. The molecule has 0 saturated carbocycles. The van der Waals surface area contributed by atoms with Crippen molar-refractivity contribution in [2.75, 3.05) is 31.1 Å². The zero-order chi connectivity index (χ0) is 19.0. The van der Waals surface area contributed by atoms with E-state index in [4.69, 9.17) is 4.74 Å². The van der Waals surface area contributed by atoms with Gasteiger partial charge in [0.25, 0.3) is 5.91 Å². The van der Waals surface area contributed by atoms with Crippen molar-refractivity contribution in [2.45, 2.75) is 57.7 Å². The van der Waals surface area contributed by atoms with E-state index in [2.05, 4.69) is 18.7 Å². The predicted molar refractivity (Wildman–Crippen MR) is 104 cm³/mol. The summed E-state index contributed by atoms with van der Waals surface area (Å²) in [6, 6.07) is 9.04. The molecule has 0 aliphatic carbocycles. The van der Waals surface area contributed by atoms with Gasteiger partial charge < -0.3 is 9.64 Å². The van der Waals surface area contributed by atoms with Crippen molar-refractivity contribution in [3.8, 4) is 5.75 Å². The maximum Gasteiger partial charge on any atom is 0.265 e. The molecule has 0 bridgehead atoms. The van der Waals surface area contributed by atoms with Crippen LogP contribution in [0.3, 0.4) is 0 Å². The van der Waals surface area contributed by atoms with Crippen molar-refractivity contribution in [3.63, 3.8) is 0 Å². The third-order valence-electron chi connectivity index (χ3n) is 6.29. The van der Waals surface area contributed by atoms with Gasteiger partial charge in [-0.1, -0.05) is 12.1 Å². The lowest BCUT2D eigenvalue weighted by atomic mass is 10.0. The summed E-state index contributed by atoms with van der Waals surface area (Å²) in [5.41, 5.74) is 0.692. The van der Waals surface area contributed by atoms with Crippen molar-refractivity contribution < 1.29 is 14.3 Å². The van der Waals surface area contributed by atoms with Crippen LogP contribution in [0.5, 0.6) is 5.75 Å². The van der Waals surface area contributed by atoms with Gasteiger partial charge in [-0.2, -0.15) is 0 Å². The highest BCUT2D eigenvalue weighted by molar-refractivity contribution is 6.02. The Morgan fingerprint density at radius 3 is 2.67 bits per heavy atom. The van der Waals surface area contributed by atoms with E-state index in [0.29, 0.717) is 29.6 Å². The number of fused-ring (bicyclic) bond motifs is 1. The van der Waals surface area contributed by atoms with E-state index in [1.807, 2.05) is 29.2 Å². The van der Waals surface area contributed by atoms with Crippen LogP contribution >= 0.6 is 0 Å². The van der Waals surface area contributed by atoms with Crippen LogP contribution in [-0.2, 0) is 9.59 Å². The molecule has 2 saturated heterocycles. The Bertz CT molecular complexity index is 712. The Balaban J connectivity index is 1.45. The predicted octanol–water partition coefficient (Wildman–Crippen LogP) is 2.28. The minimum Gasteiger partial charge on any atom is -0.482 e. The monoisotopic (exact) mass is 371 g/mol. The second kappa shape index (κ2) is 7.50. The van der Waals surface area contributed by atoms with Gasteiger partial charge in [0.1, 0.15) is 12.3 Å². The first-order valence-electron chi connectivity index (χ1n) is 10.1. The SMILES string of the molecule is C[C@@H]1CC[C@H](C)N1[C@@H]1CCCN(C(=O)CN2C(=O)COc3ccccc32)C1. The maximum absolute atomic E-state index is 13.0. The van der Waals surface area contributed by atoms with E-state index in [1.165, 1.54) is 12.8 Å². The van der Waals surface area contributed by atoms with Crippen molar-refractivity contribution >= 4 is 17.5 Å². The molecule has 0 N–H and O–H groups in total. The van der Waals surface area contributed by atoms with Gasteiger partial charge in [-0.25, -0.2) is 0 Å². The number of hydrogen-bond acceptors (Lipinski definition) is 4. The highest BCUT2D eigenvalue weighted by Crippen LogP contribution is 2.32. The highest BCUT2D eigenvalue weighted by Gasteiger charge is 2.37. The number of nitrogens with zero attached hydrogens (tertiary/aromatic N) is 3. The average molecular weight is 371 g/mol. The summed E-state index contributed by atoms with van der Waals surface area (Å²) >= 11 is 0. The molecule has 6 heteroatoms. The fourth-order valence-corrected chi connectivity index (χ4v) is 4.92. The molecule has 1 aromatic carbocycles. The van der Waals surface area contributed by atoms with E-state index >= 15 is 0 Å². The number of amides is 2. The molecule has 0 spiro atoms. The molecule has 146 valence electrons. The minimum atomic E-state index is -0.155. The fraction of sp³-hybridized carbons (Fsp3) is 0.619. The first-order chi connectivity index (χ1) is 13.0. The van der Waals surface area contributed by atoms with Gasteiger partial charge in [-0.15, -0.1) is 0 Å².